The van der Waals surface area contributed by atoms with E-state index in [1.807, 2.05) is 66.9 Å². The van der Waals surface area contributed by atoms with Crippen LogP contribution in [0.5, 0.6) is 5.75 Å². The van der Waals surface area contributed by atoms with Gasteiger partial charge in [-0.05, 0) is 38.1 Å². The maximum Gasteiger partial charge on any atom is 0.232 e. The smallest absolute Gasteiger partial charge is 0.232 e. The van der Waals surface area contributed by atoms with Gasteiger partial charge in [-0.1, -0.05) is 47.2 Å². The molecule has 1 aromatic heterocycles. The number of likely N-dealkylation sites (N-methyl/N-ethyl adjacent to an activating group) is 1. The van der Waals surface area contributed by atoms with Gasteiger partial charge in [0, 0.05) is 12.7 Å². The molecule has 0 aliphatic carbocycles. The number of hydrogen-bond acceptors (Lipinski definition) is 5. The lowest BCUT2D eigenvalue weighted by Gasteiger charge is -2.17. The summed E-state index contributed by atoms with van der Waals surface area (Å²) in [7, 11) is 1.78. The van der Waals surface area contributed by atoms with Gasteiger partial charge in [0.2, 0.25) is 5.91 Å². The lowest BCUT2D eigenvalue weighted by atomic mass is 10.2. The molecule has 146 valence electrons. The van der Waals surface area contributed by atoms with Gasteiger partial charge in [0.25, 0.3) is 0 Å². The molecule has 0 aliphatic rings. The highest BCUT2D eigenvalue weighted by molar-refractivity contribution is 7.99. The Labute approximate surface area is 169 Å². The van der Waals surface area contributed by atoms with Crippen molar-refractivity contribution in [2.45, 2.75) is 19.0 Å². The monoisotopic (exact) mass is 396 g/mol. The van der Waals surface area contributed by atoms with Crippen molar-refractivity contribution in [2.75, 3.05) is 26.0 Å². The fourth-order valence-electron chi connectivity index (χ4n) is 2.50. The zero-order chi connectivity index (χ0) is 19.9. The van der Waals surface area contributed by atoms with E-state index in [-0.39, 0.29) is 5.91 Å². The number of amides is 1. The third kappa shape index (κ3) is 5.36. The summed E-state index contributed by atoms with van der Waals surface area (Å²) < 4.78 is 7.58. The minimum Gasteiger partial charge on any atom is -0.492 e. The standard InChI is InChI=1S/C21H24N4O2S/c1-16-4-8-18(9-5-16)25-15-22-23-21(25)28-14-20(26)24(3)12-13-27-19-10-6-17(2)7-11-19/h4-11,15H,12-14H2,1-3H3. The molecule has 0 fully saturated rings. The second-order valence-corrected chi connectivity index (χ2v) is 7.53. The summed E-state index contributed by atoms with van der Waals surface area (Å²) in [6.45, 7) is 5.06. The van der Waals surface area contributed by atoms with Crippen molar-refractivity contribution in [3.05, 3.63) is 66.0 Å². The zero-order valence-corrected chi connectivity index (χ0v) is 17.1. The average Bonchev–Trinajstić information content (AvgIpc) is 3.16. The quantitative estimate of drug-likeness (QED) is 0.545. The number of benzene rings is 2. The summed E-state index contributed by atoms with van der Waals surface area (Å²) in [4.78, 5) is 14.1. The third-order valence-corrected chi connectivity index (χ3v) is 5.22. The van der Waals surface area contributed by atoms with Crippen molar-refractivity contribution in [1.82, 2.24) is 19.7 Å². The van der Waals surface area contributed by atoms with E-state index in [4.69, 9.17) is 4.74 Å². The van der Waals surface area contributed by atoms with Gasteiger partial charge in [-0.25, -0.2) is 0 Å². The molecule has 0 unspecified atom stereocenters. The maximum atomic E-state index is 12.4. The zero-order valence-electron chi connectivity index (χ0n) is 16.3. The Morgan fingerprint density at radius 3 is 2.39 bits per heavy atom. The van der Waals surface area contributed by atoms with Crippen LogP contribution in [-0.4, -0.2) is 51.5 Å². The van der Waals surface area contributed by atoms with Gasteiger partial charge in [0.1, 0.15) is 18.7 Å². The molecule has 6 nitrogen and oxygen atoms in total. The first-order valence-electron chi connectivity index (χ1n) is 9.06. The predicted molar refractivity (Wildman–Crippen MR) is 111 cm³/mol. The van der Waals surface area contributed by atoms with Gasteiger partial charge in [-0.3, -0.25) is 9.36 Å². The first-order valence-corrected chi connectivity index (χ1v) is 10.0. The first-order chi connectivity index (χ1) is 13.5. The van der Waals surface area contributed by atoms with Gasteiger partial charge >= 0.3 is 0 Å². The normalized spacial score (nSPS) is 10.7. The Morgan fingerprint density at radius 1 is 1.07 bits per heavy atom. The van der Waals surface area contributed by atoms with E-state index in [1.165, 1.54) is 22.9 Å². The molecule has 0 bridgehead atoms. The minimum atomic E-state index is 0.0240. The largest absolute Gasteiger partial charge is 0.492 e. The van der Waals surface area contributed by atoms with E-state index in [0.717, 1.165) is 11.4 Å². The number of hydrogen-bond donors (Lipinski definition) is 0. The molecule has 0 N–H and O–H groups in total. The summed E-state index contributed by atoms with van der Waals surface area (Å²) in [5, 5.41) is 8.81. The van der Waals surface area contributed by atoms with Gasteiger partial charge in [-0.2, -0.15) is 0 Å². The Hall–Kier alpha value is -2.80. The van der Waals surface area contributed by atoms with Crippen LogP contribution in [0, 0.1) is 13.8 Å². The number of carbonyl (C=O) groups is 1. The summed E-state index contributed by atoms with van der Waals surface area (Å²) in [5.41, 5.74) is 3.36. The van der Waals surface area contributed by atoms with Crippen LogP contribution < -0.4 is 4.74 Å². The molecular formula is C21H24N4O2S. The number of rotatable bonds is 8. The Balaban J connectivity index is 1.48. The Kier molecular flexibility index (Phi) is 6.71. The summed E-state index contributed by atoms with van der Waals surface area (Å²) >= 11 is 1.38. The Bertz CT molecular complexity index is 907. The van der Waals surface area contributed by atoms with E-state index >= 15 is 0 Å². The number of ether oxygens (including phenoxy) is 1. The minimum absolute atomic E-state index is 0.0240. The molecule has 2 aromatic carbocycles. The number of aromatic nitrogens is 3. The molecule has 7 heteroatoms. The lowest BCUT2D eigenvalue weighted by molar-refractivity contribution is -0.127. The molecule has 0 radical (unpaired) electrons. The van der Waals surface area contributed by atoms with Crippen LogP contribution in [0.1, 0.15) is 11.1 Å². The third-order valence-electron chi connectivity index (χ3n) is 4.30. The summed E-state index contributed by atoms with van der Waals surface area (Å²) in [6.07, 6.45) is 1.66. The van der Waals surface area contributed by atoms with Crippen LogP contribution >= 0.6 is 11.8 Å². The van der Waals surface area contributed by atoms with Crippen LogP contribution in [-0.2, 0) is 4.79 Å². The second kappa shape index (κ2) is 9.41. The number of thioether (sulfide) groups is 1. The van der Waals surface area contributed by atoms with E-state index in [9.17, 15) is 4.79 Å². The molecule has 0 spiro atoms. The molecule has 0 atom stereocenters. The number of nitrogens with zero attached hydrogens (tertiary/aromatic N) is 4. The topological polar surface area (TPSA) is 60.2 Å². The van der Waals surface area contributed by atoms with Gasteiger partial charge < -0.3 is 9.64 Å². The fraction of sp³-hybridized carbons (Fsp3) is 0.286. The number of carbonyl (C=O) groups excluding carboxylic acids is 1. The van der Waals surface area contributed by atoms with Crippen molar-refractivity contribution in [3.63, 3.8) is 0 Å². The lowest BCUT2D eigenvalue weighted by Crippen LogP contribution is -2.32. The van der Waals surface area contributed by atoms with Crippen molar-refractivity contribution in [1.29, 1.82) is 0 Å². The van der Waals surface area contributed by atoms with Crippen LogP contribution in [0.4, 0.5) is 0 Å². The summed E-state index contributed by atoms with van der Waals surface area (Å²) in [6, 6.07) is 16.0. The predicted octanol–water partition coefficient (Wildman–Crippen LogP) is 3.51. The molecular weight excluding hydrogens is 372 g/mol. The van der Waals surface area contributed by atoms with Gasteiger partial charge in [0.05, 0.1) is 12.3 Å². The highest BCUT2D eigenvalue weighted by Crippen LogP contribution is 2.20. The Morgan fingerprint density at radius 2 is 1.71 bits per heavy atom. The molecule has 28 heavy (non-hydrogen) atoms. The molecule has 0 aliphatic heterocycles. The van der Waals surface area contributed by atoms with Crippen LogP contribution in [0.25, 0.3) is 5.69 Å². The second-order valence-electron chi connectivity index (χ2n) is 6.58. The molecule has 1 amide bonds. The van der Waals surface area contributed by atoms with Crippen LogP contribution in [0.15, 0.2) is 60.0 Å². The molecule has 0 saturated heterocycles. The van der Waals surface area contributed by atoms with E-state index < -0.39 is 0 Å². The molecule has 3 aromatic rings. The first kappa shape index (κ1) is 19.9. The van der Waals surface area contributed by atoms with Crippen molar-refractivity contribution >= 4 is 17.7 Å². The number of aryl methyl sites for hydroxylation is 2. The van der Waals surface area contributed by atoms with E-state index in [0.29, 0.717) is 24.1 Å². The van der Waals surface area contributed by atoms with Gasteiger partial charge in [-0.15, -0.1) is 10.2 Å². The van der Waals surface area contributed by atoms with Gasteiger partial charge in [0.15, 0.2) is 5.16 Å². The highest BCUT2D eigenvalue weighted by atomic mass is 32.2. The molecule has 0 saturated carbocycles. The van der Waals surface area contributed by atoms with Crippen molar-refractivity contribution in [2.24, 2.45) is 0 Å². The molecule has 1 heterocycles. The van der Waals surface area contributed by atoms with E-state index in [1.54, 1.807) is 18.3 Å². The molecule has 3 rings (SSSR count). The summed E-state index contributed by atoms with van der Waals surface area (Å²) in [5.74, 6) is 1.13. The fourth-order valence-corrected chi connectivity index (χ4v) is 3.37. The van der Waals surface area contributed by atoms with Crippen LogP contribution in [0.3, 0.4) is 0 Å². The SMILES string of the molecule is Cc1ccc(OCCN(C)C(=O)CSc2nncn2-c2ccc(C)cc2)cc1. The maximum absolute atomic E-state index is 12.4. The highest BCUT2D eigenvalue weighted by Gasteiger charge is 2.13. The average molecular weight is 397 g/mol. The van der Waals surface area contributed by atoms with Crippen LogP contribution in [0.2, 0.25) is 0 Å². The van der Waals surface area contributed by atoms with Crippen molar-refractivity contribution in [3.8, 4) is 11.4 Å². The van der Waals surface area contributed by atoms with Crippen molar-refractivity contribution < 1.29 is 9.53 Å². The van der Waals surface area contributed by atoms with E-state index in [2.05, 4.69) is 10.2 Å².